The maximum atomic E-state index is 13.0. The highest BCUT2D eigenvalue weighted by Gasteiger charge is 2.47. The minimum Gasteiger partial charge on any atom is -0.341 e. The van der Waals surface area contributed by atoms with Crippen molar-refractivity contribution in [3.05, 3.63) is 35.9 Å². The summed E-state index contributed by atoms with van der Waals surface area (Å²) in [5, 5.41) is 0. The monoisotopic (exact) mass is 425 g/mol. The average molecular weight is 426 g/mol. The van der Waals surface area contributed by atoms with Gasteiger partial charge in [-0.05, 0) is 50.0 Å². The molecule has 2 heterocycles. The minimum atomic E-state index is -0.266. The molecule has 3 fully saturated rings. The zero-order valence-electron chi connectivity index (χ0n) is 18.7. The van der Waals surface area contributed by atoms with E-state index in [0.29, 0.717) is 38.3 Å². The van der Waals surface area contributed by atoms with Gasteiger partial charge in [0.25, 0.3) is 0 Å². The van der Waals surface area contributed by atoms with Crippen molar-refractivity contribution in [1.82, 2.24) is 14.7 Å². The van der Waals surface area contributed by atoms with E-state index < -0.39 is 0 Å². The summed E-state index contributed by atoms with van der Waals surface area (Å²) in [5.41, 5.74) is 0.854. The molecule has 1 atom stereocenters. The average Bonchev–Trinajstić information content (AvgIpc) is 3.56. The predicted octanol–water partition coefficient (Wildman–Crippen LogP) is 3.21. The lowest BCUT2D eigenvalue weighted by Crippen LogP contribution is -2.46. The molecular formula is C25H35N3O3. The smallest absolute Gasteiger partial charge is 0.242 e. The molecule has 3 aliphatic rings. The first-order valence-electron chi connectivity index (χ1n) is 11.9. The van der Waals surface area contributed by atoms with Crippen LogP contribution in [0.5, 0.6) is 0 Å². The van der Waals surface area contributed by atoms with Crippen molar-refractivity contribution >= 4 is 17.7 Å². The number of benzene rings is 1. The number of carbonyl (C=O) groups excluding carboxylic acids is 3. The fourth-order valence-corrected chi connectivity index (χ4v) is 5.14. The number of amides is 3. The van der Waals surface area contributed by atoms with Gasteiger partial charge in [-0.1, -0.05) is 37.3 Å². The summed E-state index contributed by atoms with van der Waals surface area (Å²) in [6.45, 7) is 5.00. The van der Waals surface area contributed by atoms with Gasteiger partial charge in [-0.3, -0.25) is 14.4 Å². The summed E-state index contributed by atoms with van der Waals surface area (Å²) in [5.74, 6) is 0.947. The molecule has 0 aromatic heterocycles. The van der Waals surface area contributed by atoms with E-state index in [4.69, 9.17) is 0 Å². The summed E-state index contributed by atoms with van der Waals surface area (Å²) in [7, 11) is 0. The summed E-state index contributed by atoms with van der Waals surface area (Å²) in [4.78, 5) is 44.3. The Hall–Kier alpha value is -2.37. The maximum Gasteiger partial charge on any atom is 0.242 e. The Morgan fingerprint density at radius 2 is 1.77 bits per heavy atom. The third kappa shape index (κ3) is 5.10. The number of likely N-dealkylation sites (tertiary alicyclic amines) is 2. The second-order valence-corrected chi connectivity index (χ2v) is 9.54. The van der Waals surface area contributed by atoms with Gasteiger partial charge in [-0.15, -0.1) is 0 Å². The SMILES string of the molecule is CCCN(CC1CC1)C(=O)CN1CCC2(CCC1=O)CCC(=O)N2Cc1ccccc1. The van der Waals surface area contributed by atoms with Gasteiger partial charge < -0.3 is 14.7 Å². The Kier molecular flexibility index (Phi) is 6.63. The van der Waals surface area contributed by atoms with Crippen LogP contribution >= 0.6 is 0 Å². The molecule has 1 unspecified atom stereocenters. The molecule has 2 aliphatic heterocycles. The van der Waals surface area contributed by atoms with Crippen LogP contribution in [0.25, 0.3) is 0 Å². The van der Waals surface area contributed by atoms with Crippen LogP contribution in [0.2, 0.25) is 0 Å². The van der Waals surface area contributed by atoms with Gasteiger partial charge in [-0.25, -0.2) is 0 Å². The molecule has 1 aromatic rings. The van der Waals surface area contributed by atoms with Crippen LogP contribution in [0.3, 0.4) is 0 Å². The van der Waals surface area contributed by atoms with Gasteiger partial charge >= 0.3 is 0 Å². The molecule has 0 N–H and O–H groups in total. The van der Waals surface area contributed by atoms with E-state index in [1.165, 1.54) is 12.8 Å². The normalized spacial score (nSPS) is 24.0. The van der Waals surface area contributed by atoms with E-state index in [0.717, 1.165) is 37.9 Å². The number of nitrogens with zero attached hydrogens (tertiary/aromatic N) is 3. The van der Waals surface area contributed by atoms with E-state index in [-0.39, 0.29) is 29.8 Å². The largest absolute Gasteiger partial charge is 0.341 e. The number of carbonyl (C=O) groups is 3. The Balaban J connectivity index is 1.42. The summed E-state index contributed by atoms with van der Waals surface area (Å²) in [6.07, 6.45) is 6.56. The fourth-order valence-electron chi connectivity index (χ4n) is 5.14. The lowest BCUT2D eigenvalue weighted by atomic mass is 9.87. The van der Waals surface area contributed by atoms with Crippen molar-refractivity contribution < 1.29 is 14.4 Å². The molecule has 0 bridgehead atoms. The number of hydrogen-bond donors (Lipinski definition) is 0. The van der Waals surface area contributed by atoms with Gasteiger partial charge in [0.15, 0.2) is 0 Å². The highest BCUT2D eigenvalue weighted by atomic mass is 16.2. The molecule has 168 valence electrons. The third-order valence-corrected chi connectivity index (χ3v) is 7.21. The zero-order chi connectivity index (χ0) is 21.8. The van der Waals surface area contributed by atoms with E-state index in [1.807, 2.05) is 40.1 Å². The lowest BCUT2D eigenvalue weighted by molar-refractivity contribution is -0.140. The van der Waals surface area contributed by atoms with Gasteiger partial charge in [-0.2, -0.15) is 0 Å². The van der Waals surface area contributed by atoms with E-state index in [9.17, 15) is 14.4 Å². The summed E-state index contributed by atoms with van der Waals surface area (Å²) in [6, 6.07) is 10.1. The molecule has 2 saturated heterocycles. The van der Waals surface area contributed by atoms with Gasteiger partial charge in [0.05, 0.1) is 6.54 Å². The molecule has 0 radical (unpaired) electrons. The Labute approximate surface area is 185 Å². The van der Waals surface area contributed by atoms with Gasteiger partial charge in [0, 0.05) is 44.6 Å². The minimum absolute atomic E-state index is 0.0482. The Bertz CT molecular complexity index is 807. The number of hydrogen-bond acceptors (Lipinski definition) is 3. The molecule has 3 amide bonds. The molecule has 1 aromatic carbocycles. The molecular weight excluding hydrogens is 390 g/mol. The van der Waals surface area contributed by atoms with Crippen LogP contribution < -0.4 is 0 Å². The van der Waals surface area contributed by atoms with Crippen LogP contribution in [-0.2, 0) is 20.9 Å². The van der Waals surface area contributed by atoms with Crippen molar-refractivity contribution in [2.45, 2.75) is 70.4 Å². The highest BCUT2D eigenvalue weighted by Crippen LogP contribution is 2.40. The second kappa shape index (κ2) is 9.41. The van der Waals surface area contributed by atoms with Crippen molar-refractivity contribution in [1.29, 1.82) is 0 Å². The topological polar surface area (TPSA) is 60.9 Å². The first-order chi connectivity index (χ1) is 15.0. The zero-order valence-corrected chi connectivity index (χ0v) is 18.7. The van der Waals surface area contributed by atoms with Gasteiger partial charge in [0.1, 0.15) is 0 Å². The van der Waals surface area contributed by atoms with E-state index in [2.05, 4.69) is 6.92 Å². The van der Waals surface area contributed by atoms with E-state index in [1.54, 1.807) is 4.90 Å². The summed E-state index contributed by atoms with van der Waals surface area (Å²) >= 11 is 0. The maximum absolute atomic E-state index is 13.0. The molecule has 6 heteroatoms. The van der Waals surface area contributed by atoms with Crippen molar-refractivity contribution in [2.24, 2.45) is 5.92 Å². The van der Waals surface area contributed by atoms with Gasteiger partial charge in [0.2, 0.25) is 17.7 Å². The number of rotatable bonds is 8. The standard InChI is InChI=1S/C25H35N3O3/c1-2-15-26(17-21-8-9-21)24(31)19-27-16-14-25(12-10-22(27)29)13-11-23(30)28(25)18-20-6-4-3-5-7-20/h3-7,21H,2,8-19H2,1H3. The molecule has 1 spiro atoms. The lowest BCUT2D eigenvalue weighted by Gasteiger charge is -2.38. The van der Waals surface area contributed by atoms with Crippen LogP contribution in [0, 0.1) is 5.92 Å². The second-order valence-electron chi connectivity index (χ2n) is 9.54. The Morgan fingerprint density at radius 3 is 2.45 bits per heavy atom. The molecule has 6 nitrogen and oxygen atoms in total. The Morgan fingerprint density at radius 1 is 1.06 bits per heavy atom. The fraction of sp³-hybridized carbons (Fsp3) is 0.640. The van der Waals surface area contributed by atoms with Crippen molar-refractivity contribution in [3.8, 4) is 0 Å². The van der Waals surface area contributed by atoms with Crippen LogP contribution in [0.1, 0.15) is 63.9 Å². The first kappa shape index (κ1) is 21.8. The van der Waals surface area contributed by atoms with Crippen LogP contribution in [0.4, 0.5) is 0 Å². The molecule has 1 saturated carbocycles. The van der Waals surface area contributed by atoms with Crippen molar-refractivity contribution in [3.63, 3.8) is 0 Å². The van der Waals surface area contributed by atoms with E-state index >= 15 is 0 Å². The molecule has 31 heavy (non-hydrogen) atoms. The molecule has 4 rings (SSSR count). The van der Waals surface area contributed by atoms with Crippen LogP contribution in [0.15, 0.2) is 30.3 Å². The third-order valence-electron chi connectivity index (χ3n) is 7.21. The predicted molar refractivity (Wildman–Crippen MR) is 119 cm³/mol. The van der Waals surface area contributed by atoms with Crippen LogP contribution in [-0.4, -0.2) is 64.1 Å². The quantitative estimate of drug-likeness (QED) is 0.643. The molecule has 1 aliphatic carbocycles. The van der Waals surface area contributed by atoms with Crippen molar-refractivity contribution in [2.75, 3.05) is 26.2 Å². The summed E-state index contributed by atoms with van der Waals surface area (Å²) < 4.78 is 0. The highest BCUT2D eigenvalue weighted by molar-refractivity contribution is 5.85. The first-order valence-corrected chi connectivity index (χ1v) is 11.9.